The summed E-state index contributed by atoms with van der Waals surface area (Å²) in [4.78, 5) is 13.1. The van der Waals surface area contributed by atoms with Gasteiger partial charge < -0.3 is 89.9 Å². The van der Waals surface area contributed by atoms with Gasteiger partial charge in [-0.1, -0.05) is 86.3 Å². The van der Waals surface area contributed by atoms with Gasteiger partial charge in [0.15, 0.2) is 18.9 Å². The summed E-state index contributed by atoms with van der Waals surface area (Å²) in [6.45, 7) is 1.24. The van der Waals surface area contributed by atoms with Crippen LogP contribution in [0.5, 0.6) is 0 Å². The molecule has 0 bridgehead atoms. The lowest BCUT2D eigenvalue weighted by molar-refractivity contribution is -0.379. The van der Waals surface area contributed by atoms with Crippen molar-refractivity contribution >= 4 is 5.91 Å². The highest BCUT2D eigenvalue weighted by Gasteiger charge is 2.53. The molecule has 0 aromatic carbocycles. The number of allylic oxidation sites excluding steroid dienone is 11. The van der Waals surface area contributed by atoms with E-state index in [1.807, 2.05) is 13.0 Å². The summed E-state index contributed by atoms with van der Waals surface area (Å²) in [6, 6.07) is -1.01. The van der Waals surface area contributed by atoms with Gasteiger partial charge in [0.1, 0.15) is 73.2 Å². The van der Waals surface area contributed by atoms with Gasteiger partial charge in [-0.3, -0.25) is 4.79 Å². The Labute approximate surface area is 394 Å². The molecule has 17 unspecified atom stereocenters. The molecule has 0 radical (unpaired) electrons. The van der Waals surface area contributed by atoms with E-state index in [0.29, 0.717) is 12.8 Å². The number of unbranched alkanes of at least 4 members (excludes halogenated alkanes) is 5. The minimum atomic E-state index is -1.99. The summed E-state index contributed by atoms with van der Waals surface area (Å²) >= 11 is 0. The van der Waals surface area contributed by atoms with Crippen LogP contribution in [0.4, 0.5) is 0 Å². The van der Waals surface area contributed by atoms with Crippen LogP contribution in [0.2, 0.25) is 0 Å². The first-order valence-electron chi connectivity index (χ1n) is 23.7. The van der Waals surface area contributed by atoms with E-state index < -0.39 is 124 Å². The molecule has 0 aliphatic carbocycles. The fraction of sp³-hybridized carbons (Fsp3) is 0.729. The van der Waals surface area contributed by atoms with Crippen molar-refractivity contribution in [1.29, 1.82) is 0 Å². The van der Waals surface area contributed by atoms with Crippen molar-refractivity contribution in [1.82, 2.24) is 5.32 Å². The van der Waals surface area contributed by atoms with Crippen molar-refractivity contribution in [3.8, 4) is 0 Å². The van der Waals surface area contributed by atoms with Gasteiger partial charge in [-0.2, -0.15) is 0 Å². The molecule has 3 aliphatic rings. The van der Waals surface area contributed by atoms with Crippen LogP contribution >= 0.6 is 0 Å². The normalized spacial score (nSPS) is 34.1. The van der Waals surface area contributed by atoms with Gasteiger partial charge in [-0.25, -0.2) is 0 Å². The Morgan fingerprint density at radius 3 is 1.64 bits per heavy atom. The molecule has 19 nitrogen and oxygen atoms in total. The third-order valence-electron chi connectivity index (χ3n) is 11.6. The molecular weight excluding hydrogens is 879 g/mol. The van der Waals surface area contributed by atoms with Crippen LogP contribution in [0.3, 0.4) is 0 Å². The van der Waals surface area contributed by atoms with E-state index in [4.69, 9.17) is 28.4 Å². The highest BCUT2D eigenvalue weighted by Crippen LogP contribution is 2.33. The molecule has 1 amide bonds. The van der Waals surface area contributed by atoms with Gasteiger partial charge in [0.2, 0.25) is 5.91 Å². The number of carbonyl (C=O) groups excluding carboxylic acids is 1. The Kier molecular flexibility index (Phi) is 28.8. The zero-order valence-electron chi connectivity index (χ0n) is 38.8. The monoisotopic (exact) mass is 958 g/mol. The maximum absolute atomic E-state index is 13.1. The van der Waals surface area contributed by atoms with Crippen molar-refractivity contribution in [3.05, 3.63) is 72.9 Å². The first kappa shape index (κ1) is 58.5. The summed E-state index contributed by atoms with van der Waals surface area (Å²) in [6.07, 6.45) is 6.75. The van der Waals surface area contributed by atoms with E-state index in [0.717, 1.165) is 57.8 Å². The zero-order chi connectivity index (χ0) is 49.1. The van der Waals surface area contributed by atoms with Crippen LogP contribution < -0.4 is 5.32 Å². The number of carbonyl (C=O) groups is 1. The highest BCUT2D eigenvalue weighted by molar-refractivity contribution is 5.76. The summed E-state index contributed by atoms with van der Waals surface area (Å²) in [5, 5.41) is 119. The molecule has 384 valence electrons. The Morgan fingerprint density at radius 2 is 1.06 bits per heavy atom. The van der Waals surface area contributed by atoms with E-state index in [2.05, 4.69) is 66.9 Å². The molecule has 3 rings (SSSR count). The second-order valence-electron chi connectivity index (χ2n) is 16.8. The maximum atomic E-state index is 13.1. The largest absolute Gasteiger partial charge is 0.394 e. The molecule has 0 saturated carbocycles. The maximum Gasteiger partial charge on any atom is 0.220 e. The summed E-state index contributed by atoms with van der Waals surface area (Å²) in [5.74, 6) is -0.329. The minimum absolute atomic E-state index is 0.192. The Balaban J connectivity index is 1.60. The molecular formula is C48H79NO18. The van der Waals surface area contributed by atoms with Crippen molar-refractivity contribution in [2.75, 3.05) is 26.4 Å². The van der Waals surface area contributed by atoms with E-state index in [-0.39, 0.29) is 18.9 Å². The Morgan fingerprint density at radius 1 is 0.567 bits per heavy atom. The number of ether oxygens (including phenoxy) is 6. The van der Waals surface area contributed by atoms with Crippen LogP contribution in [0.1, 0.15) is 90.9 Å². The number of aliphatic hydroxyl groups is 11. The second kappa shape index (κ2) is 32.9. The highest BCUT2D eigenvalue weighted by atomic mass is 16.8. The number of nitrogens with one attached hydrogen (secondary N) is 1. The fourth-order valence-corrected chi connectivity index (χ4v) is 7.59. The predicted molar refractivity (Wildman–Crippen MR) is 245 cm³/mol. The summed E-state index contributed by atoms with van der Waals surface area (Å²) in [5.41, 5.74) is 0. The standard InChI is InChI=1S/C48H79NO18/c1-3-5-7-9-11-13-14-15-16-18-20-22-24-26-36(54)49-31(32(53)25-23-21-19-17-12-10-8-6-4-2)30-62-46-42(60)39(57)44(34(28-51)64-46)67-48-43(61)40(58)45(35(29-52)65-48)66-47-41(59)38(56)37(55)33(27-50)63-47/h4-7,11-13,15-17,23,25,31-35,37-48,50-53,55-61H,3,8-10,14,18-22,24,26-30H2,1-2H3,(H,49,54)/b6-4+,7-5-,13-11-,16-15-,17-12+,25-23+. The second-order valence-corrected chi connectivity index (χ2v) is 16.8. The SMILES string of the molecule is C/C=C/CC/C=C/CC/C=C/C(O)C(COC1OC(CO)C(OC2OC(CO)C(OC3OC(CO)C(O)C(O)C3O)C(O)C2O)C(O)C1O)NC(=O)CCCCC/C=C\C/C=C\C/C=C\CC. The molecule has 3 fully saturated rings. The van der Waals surface area contributed by atoms with Crippen molar-refractivity contribution in [2.24, 2.45) is 0 Å². The van der Waals surface area contributed by atoms with Crippen LogP contribution in [0.25, 0.3) is 0 Å². The van der Waals surface area contributed by atoms with Gasteiger partial charge in [-0.15, -0.1) is 0 Å². The molecule has 0 aromatic rings. The molecule has 67 heavy (non-hydrogen) atoms. The molecule has 3 aliphatic heterocycles. The predicted octanol–water partition coefficient (Wildman–Crippen LogP) is 0.355. The van der Waals surface area contributed by atoms with Crippen LogP contribution in [0.15, 0.2) is 72.9 Å². The topological polar surface area (TPSA) is 307 Å². The first-order chi connectivity index (χ1) is 32.3. The van der Waals surface area contributed by atoms with Gasteiger partial charge >= 0.3 is 0 Å². The van der Waals surface area contributed by atoms with Gasteiger partial charge in [-0.05, 0) is 71.1 Å². The smallest absolute Gasteiger partial charge is 0.220 e. The number of rotatable bonds is 30. The average molecular weight is 958 g/mol. The molecule has 0 spiro atoms. The third kappa shape index (κ3) is 19.5. The summed E-state index contributed by atoms with van der Waals surface area (Å²) < 4.78 is 33.9. The third-order valence-corrected chi connectivity index (χ3v) is 11.6. The van der Waals surface area contributed by atoms with Crippen molar-refractivity contribution in [2.45, 2.75) is 195 Å². The van der Waals surface area contributed by atoms with Gasteiger partial charge in [0.05, 0.1) is 38.6 Å². The quantitative estimate of drug-likeness (QED) is 0.0342. The summed E-state index contributed by atoms with van der Waals surface area (Å²) in [7, 11) is 0. The average Bonchev–Trinajstić information content (AvgIpc) is 3.32. The Bertz CT molecular complexity index is 1520. The zero-order valence-corrected chi connectivity index (χ0v) is 38.8. The molecule has 12 N–H and O–H groups in total. The van der Waals surface area contributed by atoms with E-state index in [9.17, 15) is 61.0 Å². The number of aliphatic hydroxyl groups excluding tert-OH is 11. The van der Waals surface area contributed by atoms with Gasteiger partial charge in [0, 0.05) is 6.42 Å². The lowest BCUT2D eigenvalue weighted by atomic mass is 9.96. The number of hydrogen-bond donors (Lipinski definition) is 12. The van der Waals surface area contributed by atoms with E-state index in [1.165, 1.54) is 0 Å². The molecule has 3 saturated heterocycles. The molecule has 3 heterocycles. The fourth-order valence-electron chi connectivity index (χ4n) is 7.59. The number of amides is 1. The number of hydrogen-bond acceptors (Lipinski definition) is 18. The molecule has 0 aromatic heterocycles. The Hall–Kier alpha value is -2.77. The minimum Gasteiger partial charge on any atom is -0.394 e. The van der Waals surface area contributed by atoms with E-state index in [1.54, 1.807) is 12.2 Å². The van der Waals surface area contributed by atoms with Crippen LogP contribution in [-0.4, -0.2) is 193 Å². The van der Waals surface area contributed by atoms with E-state index >= 15 is 0 Å². The van der Waals surface area contributed by atoms with Crippen LogP contribution in [-0.2, 0) is 33.2 Å². The lowest BCUT2D eigenvalue weighted by Gasteiger charge is -2.48. The lowest BCUT2D eigenvalue weighted by Crippen LogP contribution is -2.66. The van der Waals surface area contributed by atoms with Crippen molar-refractivity contribution in [3.63, 3.8) is 0 Å². The molecule has 19 heteroatoms. The van der Waals surface area contributed by atoms with Crippen molar-refractivity contribution < 1.29 is 89.4 Å². The van der Waals surface area contributed by atoms with Gasteiger partial charge in [0.25, 0.3) is 0 Å². The van der Waals surface area contributed by atoms with Crippen LogP contribution in [0, 0.1) is 0 Å². The first-order valence-corrected chi connectivity index (χ1v) is 23.7. The molecule has 17 atom stereocenters.